The van der Waals surface area contributed by atoms with Gasteiger partial charge in [-0.2, -0.15) is 0 Å². The van der Waals surface area contributed by atoms with Crippen LogP contribution in [0.25, 0.3) is 121 Å². The highest BCUT2D eigenvalue weighted by Gasteiger charge is 2.46. The maximum atomic E-state index is 9.95. The summed E-state index contributed by atoms with van der Waals surface area (Å²) in [6, 6.07) is 60.3. The molecule has 0 amide bonds. The molecule has 5 heterocycles. The second-order valence-corrected chi connectivity index (χ2v) is 35.0. The Labute approximate surface area is 670 Å². The molecule has 110 heavy (non-hydrogen) atoms. The molecule has 0 saturated carbocycles. The van der Waals surface area contributed by atoms with Gasteiger partial charge >= 0.3 is 0 Å². The van der Waals surface area contributed by atoms with Crippen LogP contribution in [0.4, 0.5) is 34.1 Å². The Kier molecular flexibility index (Phi) is 12.0. The fourth-order valence-corrected chi connectivity index (χ4v) is 16.8. The number of para-hydroxylation sites is 6. The molecule has 6 heteroatoms. The molecule has 0 saturated heterocycles. The van der Waals surface area contributed by atoms with Crippen molar-refractivity contribution in [3.63, 3.8) is 0 Å². The number of fused-ring (bicyclic) bond motifs is 13. The highest BCUT2D eigenvalue weighted by molar-refractivity contribution is 7.00. The number of benzene rings is 14. The molecule has 3 aromatic heterocycles. The van der Waals surface area contributed by atoms with Crippen molar-refractivity contribution >= 4 is 123 Å². The Morgan fingerprint density at radius 3 is 1.12 bits per heavy atom. The molecule has 5 nitrogen and oxygen atoms in total. The lowest BCUT2D eigenvalue weighted by Gasteiger charge is -2.45. The van der Waals surface area contributed by atoms with Crippen LogP contribution in [0.1, 0.15) is 154 Å². The monoisotopic (exact) mass is 1440 g/mol. The van der Waals surface area contributed by atoms with Crippen LogP contribution in [0.5, 0.6) is 0 Å². The third kappa shape index (κ3) is 11.1. The lowest BCUT2D eigenvalue weighted by atomic mass is 9.33. The van der Waals surface area contributed by atoms with Crippen molar-refractivity contribution in [1.29, 1.82) is 0 Å². The largest absolute Gasteiger partial charge is 0.452 e. The smallest absolute Gasteiger partial charge is 0.252 e. The Hall–Kier alpha value is -11.9. The molecular formula is C104H93BN4O. The number of aromatic nitrogens is 2. The molecule has 19 rings (SSSR count). The van der Waals surface area contributed by atoms with Crippen molar-refractivity contribution in [2.45, 2.75) is 131 Å². The van der Waals surface area contributed by atoms with Gasteiger partial charge in [0.05, 0.1) is 61.1 Å². The molecule has 14 aromatic carbocycles. The van der Waals surface area contributed by atoms with Crippen molar-refractivity contribution in [3.8, 4) is 55.9 Å². The summed E-state index contributed by atoms with van der Waals surface area (Å²) in [5.41, 5.74) is 19.2. The number of furan rings is 1. The van der Waals surface area contributed by atoms with Gasteiger partial charge in [-0.3, -0.25) is 0 Å². The Morgan fingerprint density at radius 2 is 0.655 bits per heavy atom. The summed E-state index contributed by atoms with van der Waals surface area (Å²) in [6.07, 6.45) is 0. The molecule has 538 valence electrons. The molecule has 2 aliphatic rings. The molecule has 0 N–H and O–H groups in total. The van der Waals surface area contributed by atoms with E-state index in [0.717, 1.165) is 111 Å². The van der Waals surface area contributed by atoms with Gasteiger partial charge in [0.15, 0.2) is 11.2 Å². The minimum Gasteiger partial charge on any atom is -0.452 e. The molecule has 0 fully saturated rings. The van der Waals surface area contributed by atoms with Crippen molar-refractivity contribution in [1.82, 2.24) is 9.13 Å². The summed E-state index contributed by atoms with van der Waals surface area (Å²) in [5.74, 6) is 0. The van der Waals surface area contributed by atoms with Gasteiger partial charge in [-0.15, -0.1) is 0 Å². The molecule has 0 spiro atoms. The summed E-state index contributed by atoms with van der Waals surface area (Å²) in [5, 5.41) is 1.04. The fourth-order valence-electron chi connectivity index (χ4n) is 16.8. The predicted octanol–water partition coefficient (Wildman–Crippen LogP) is 27.0. The minimum absolute atomic E-state index is 0.0211. The number of nitrogens with zero attached hydrogens (tertiary/aromatic N) is 4. The Balaban J connectivity index is 1.02. The van der Waals surface area contributed by atoms with E-state index >= 15 is 0 Å². The number of anilines is 6. The van der Waals surface area contributed by atoms with Gasteiger partial charge in [-0.1, -0.05) is 316 Å². The number of hydrogen-bond donors (Lipinski definition) is 0. The Morgan fingerprint density at radius 1 is 0.282 bits per heavy atom. The standard InChI is InChI=1S/C104H93BN4O/c1-100(2,3)70-52-67(53-71(59-70)101(4,5)6)66-48-50-84-92(56-66)108(91-47-31-41-81-80-40-30-46-90(98(80)110-99(81)91)107-88-44-28-24-38-78(88)79-39-25-29-45-89(79)107)94-57-69(68-54-72(102(7,8)9)60-73(55-68)103(10,11)12)58-95-96(94)105(84)85-51-49-75(106-86-42-26-22-36-76(86)77-37-23-27-43-87(77)106)63-93(85)109(95)97-82(64-32-18-16-19-33-64)61-74(104(13,14)15)62-83(97)65-34-20-17-21-35-65/h16-63H,1-15H3/i22D,23D,24D,25D,26D,27D,28D,29D,36D,37D,38D,39D,42D,43D,44D,45D. The quantitative estimate of drug-likeness (QED) is 0.142. The molecular weight excluding hydrogens is 1330 g/mol. The second kappa shape index (κ2) is 24.8. The first-order chi connectivity index (χ1) is 59.4. The van der Waals surface area contributed by atoms with Gasteiger partial charge in [-0.25, -0.2) is 0 Å². The van der Waals surface area contributed by atoms with Crippen LogP contribution in [0.15, 0.2) is 295 Å². The average Bonchev–Trinajstić information content (AvgIpc) is 0.852. The maximum absolute atomic E-state index is 9.95. The van der Waals surface area contributed by atoms with Gasteiger partial charge in [0, 0.05) is 71.9 Å². The second-order valence-electron chi connectivity index (χ2n) is 35.0. The predicted molar refractivity (Wildman–Crippen MR) is 472 cm³/mol. The molecule has 0 aliphatic carbocycles. The van der Waals surface area contributed by atoms with E-state index in [0.29, 0.717) is 33.4 Å². The van der Waals surface area contributed by atoms with E-state index in [1.165, 1.54) is 4.57 Å². The van der Waals surface area contributed by atoms with Crippen LogP contribution in [0.3, 0.4) is 0 Å². The van der Waals surface area contributed by atoms with E-state index in [2.05, 4.69) is 229 Å². The third-order valence-corrected chi connectivity index (χ3v) is 22.7. The fraction of sp³-hybridized carbons (Fsp3) is 0.192. The van der Waals surface area contributed by atoms with E-state index in [1.54, 1.807) is 10.6 Å². The van der Waals surface area contributed by atoms with Crippen LogP contribution >= 0.6 is 0 Å². The van der Waals surface area contributed by atoms with Crippen LogP contribution in [0.2, 0.25) is 0 Å². The van der Waals surface area contributed by atoms with Gasteiger partial charge < -0.3 is 23.4 Å². The zero-order chi connectivity index (χ0) is 89.7. The normalized spacial score (nSPS) is 15.4. The zero-order valence-electron chi connectivity index (χ0n) is 80.7. The lowest BCUT2D eigenvalue weighted by molar-refractivity contribution is 0.568. The first-order valence-corrected chi connectivity index (χ1v) is 38.0. The molecule has 0 bridgehead atoms. The van der Waals surface area contributed by atoms with Gasteiger partial charge in [-0.05, 0) is 183 Å². The van der Waals surface area contributed by atoms with Crippen LogP contribution < -0.4 is 26.2 Å². The topological polar surface area (TPSA) is 29.5 Å². The van der Waals surface area contributed by atoms with E-state index in [9.17, 15) is 13.7 Å². The van der Waals surface area contributed by atoms with Gasteiger partial charge in [0.2, 0.25) is 0 Å². The van der Waals surface area contributed by atoms with Gasteiger partial charge in [0.25, 0.3) is 6.71 Å². The molecule has 0 atom stereocenters. The first kappa shape index (κ1) is 53.0. The molecule has 0 unspecified atom stereocenters. The highest BCUT2D eigenvalue weighted by atomic mass is 16.3. The molecule has 17 aromatic rings. The van der Waals surface area contributed by atoms with Crippen LogP contribution in [-0.2, 0) is 27.1 Å². The maximum Gasteiger partial charge on any atom is 0.252 e. The SMILES string of the molecule is [2H]c1c([2H])c([2H])c2c(c1[2H])c1c([2H])c([2H])c([2H])c([2H])c1n2-c1ccc2c(c1)N(c1c(-c3ccccc3)cc(C(C)(C)C)cc1-c1ccccc1)c1cc(-c3cc(C(C)(C)C)cc(C(C)(C)C)c3)cc3c1B2c1ccc(-c2cc(C(C)(C)C)cc(C(C)(C)C)c2)cc1N3c1cccc2c1oc1c(-n3c4c([2H])c([2H])c([2H])c([2H])c4c4c([2H])c([2H])c([2H])c([2H])c43)cccc12. The summed E-state index contributed by atoms with van der Waals surface area (Å²) >= 11 is 0. The minimum atomic E-state index is -0.667. The summed E-state index contributed by atoms with van der Waals surface area (Å²) < 4.78 is 162. The highest BCUT2D eigenvalue weighted by Crippen LogP contribution is 2.55. The van der Waals surface area contributed by atoms with Crippen LogP contribution in [-0.4, -0.2) is 15.8 Å². The lowest BCUT2D eigenvalue weighted by Crippen LogP contribution is -2.61. The summed E-state index contributed by atoms with van der Waals surface area (Å²) in [6.45, 7) is 32.8. The van der Waals surface area contributed by atoms with E-state index in [4.69, 9.17) is 12.6 Å². The van der Waals surface area contributed by atoms with E-state index in [1.807, 2.05) is 72.8 Å². The number of hydrogen-bond acceptors (Lipinski definition) is 3. The summed E-state index contributed by atoms with van der Waals surface area (Å²) in [7, 11) is 0. The number of rotatable bonds is 8. The van der Waals surface area contributed by atoms with Gasteiger partial charge in [0.1, 0.15) is 0 Å². The first-order valence-electron chi connectivity index (χ1n) is 46.0. The van der Waals surface area contributed by atoms with Crippen molar-refractivity contribution in [2.24, 2.45) is 0 Å². The third-order valence-electron chi connectivity index (χ3n) is 22.7. The summed E-state index contributed by atoms with van der Waals surface area (Å²) in [4.78, 5) is 4.71. The van der Waals surface area contributed by atoms with Crippen LogP contribution in [0, 0.1) is 0 Å². The van der Waals surface area contributed by atoms with E-state index < -0.39 is 109 Å². The average molecular weight is 1440 g/mol. The molecule has 2 aliphatic heterocycles. The zero-order valence-corrected chi connectivity index (χ0v) is 64.7. The van der Waals surface area contributed by atoms with Crippen molar-refractivity contribution in [3.05, 3.63) is 319 Å². The van der Waals surface area contributed by atoms with Crippen molar-refractivity contribution in [2.75, 3.05) is 9.80 Å². The van der Waals surface area contributed by atoms with Crippen molar-refractivity contribution < 1.29 is 26.3 Å². The van der Waals surface area contributed by atoms with E-state index in [-0.39, 0.29) is 76.5 Å². The molecule has 0 radical (unpaired) electrons. The Bertz CT molecular complexity index is 7360.